The Morgan fingerprint density at radius 3 is 2.89 bits per heavy atom. The standard InChI is InChI=1S/C14H25N5/c1-4-16-12-9-13(18-14(15)17-12)19(3)11-7-5-6-10(2)8-11/h9-11H,4-8H2,1-3H3,(H3,15,16,17,18). The molecule has 0 saturated heterocycles. The van der Waals surface area contributed by atoms with Crippen LogP contribution in [-0.2, 0) is 0 Å². The number of rotatable bonds is 4. The van der Waals surface area contributed by atoms with Gasteiger partial charge in [0.2, 0.25) is 5.95 Å². The van der Waals surface area contributed by atoms with Gasteiger partial charge in [-0.3, -0.25) is 0 Å². The molecule has 106 valence electrons. The maximum absolute atomic E-state index is 5.80. The second-order valence-corrected chi connectivity index (χ2v) is 5.54. The van der Waals surface area contributed by atoms with Gasteiger partial charge in [0, 0.05) is 25.7 Å². The number of nitrogens with two attached hydrogens (primary N) is 1. The van der Waals surface area contributed by atoms with Gasteiger partial charge in [-0.05, 0) is 25.7 Å². The monoisotopic (exact) mass is 263 g/mol. The quantitative estimate of drug-likeness (QED) is 0.873. The van der Waals surface area contributed by atoms with Crippen molar-refractivity contribution in [3.8, 4) is 0 Å². The number of nitrogen functional groups attached to an aromatic ring is 1. The second kappa shape index (κ2) is 6.08. The summed E-state index contributed by atoms with van der Waals surface area (Å²) in [7, 11) is 2.11. The Balaban J connectivity index is 2.15. The number of anilines is 3. The van der Waals surface area contributed by atoms with Crippen LogP contribution in [0.25, 0.3) is 0 Å². The Morgan fingerprint density at radius 1 is 1.42 bits per heavy atom. The summed E-state index contributed by atoms with van der Waals surface area (Å²) in [6.07, 6.45) is 5.12. The summed E-state index contributed by atoms with van der Waals surface area (Å²) in [4.78, 5) is 10.8. The van der Waals surface area contributed by atoms with E-state index in [1.807, 2.05) is 13.0 Å². The number of hydrogen-bond acceptors (Lipinski definition) is 5. The SMILES string of the molecule is CCNc1cc(N(C)C2CCCC(C)C2)nc(N)n1. The molecular weight excluding hydrogens is 238 g/mol. The molecule has 1 aliphatic carbocycles. The zero-order valence-electron chi connectivity index (χ0n) is 12.2. The molecule has 1 fully saturated rings. The van der Waals surface area contributed by atoms with Gasteiger partial charge in [0.15, 0.2) is 0 Å². The Labute approximate surface area is 115 Å². The maximum atomic E-state index is 5.80. The Morgan fingerprint density at radius 2 is 2.21 bits per heavy atom. The third-order valence-electron chi connectivity index (χ3n) is 3.91. The third-order valence-corrected chi connectivity index (χ3v) is 3.91. The number of nitrogens with zero attached hydrogens (tertiary/aromatic N) is 3. The van der Waals surface area contributed by atoms with Crippen LogP contribution in [0.15, 0.2) is 6.07 Å². The molecular formula is C14H25N5. The molecule has 0 radical (unpaired) electrons. The summed E-state index contributed by atoms with van der Waals surface area (Å²) < 4.78 is 0. The molecule has 0 aromatic carbocycles. The van der Waals surface area contributed by atoms with E-state index in [-0.39, 0.29) is 0 Å². The fourth-order valence-electron chi connectivity index (χ4n) is 2.85. The summed E-state index contributed by atoms with van der Waals surface area (Å²) in [5.74, 6) is 2.86. The highest BCUT2D eigenvalue weighted by molar-refractivity contribution is 5.52. The molecule has 19 heavy (non-hydrogen) atoms. The van der Waals surface area contributed by atoms with Gasteiger partial charge in [0.25, 0.3) is 0 Å². The molecule has 1 aromatic heterocycles. The summed E-state index contributed by atoms with van der Waals surface area (Å²) in [5.41, 5.74) is 5.80. The lowest BCUT2D eigenvalue weighted by atomic mass is 9.86. The van der Waals surface area contributed by atoms with Crippen LogP contribution in [0.2, 0.25) is 0 Å². The lowest BCUT2D eigenvalue weighted by molar-refractivity contribution is 0.335. The van der Waals surface area contributed by atoms with Crippen LogP contribution in [0.1, 0.15) is 39.5 Å². The Bertz CT molecular complexity index is 420. The molecule has 2 rings (SSSR count). The topological polar surface area (TPSA) is 67.1 Å². The van der Waals surface area contributed by atoms with Gasteiger partial charge in [0.1, 0.15) is 11.6 Å². The van der Waals surface area contributed by atoms with Crippen molar-refractivity contribution in [3.05, 3.63) is 6.07 Å². The van der Waals surface area contributed by atoms with Crippen molar-refractivity contribution in [1.82, 2.24) is 9.97 Å². The van der Waals surface area contributed by atoms with E-state index in [0.29, 0.717) is 12.0 Å². The summed E-state index contributed by atoms with van der Waals surface area (Å²) in [6.45, 7) is 5.21. The third kappa shape index (κ3) is 3.49. The van der Waals surface area contributed by atoms with Crippen LogP contribution in [0.3, 0.4) is 0 Å². The zero-order chi connectivity index (χ0) is 13.8. The predicted octanol–water partition coefficient (Wildman–Crippen LogP) is 2.51. The fourth-order valence-corrected chi connectivity index (χ4v) is 2.85. The fraction of sp³-hybridized carbons (Fsp3) is 0.714. The average Bonchev–Trinajstić information content (AvgIpc) is 2.37. The van der Waals surface area contributed by atoms with Gasteiger partial charge in [-0.2, -0.15) is 9.97 Å². The molecule has 3 N–H and O–H groups in total. The van der Waals surface area contributed by atoms with E-state index >= 15 is 0 Å². The van der Waals surface area contributed by atoms with Gasteiger partial charge in [-0.1, -0.05) is 19.8 Å². The van der Waals surface area contributed by atoms with E-state index in [0.717, 1.165) is 24.1 Å². The molecule has 2 atom stereocenters. The van der Waals surface area contributed by atoms with Crippen LogP contribution in [0, 0.1) is 5.92 Å². The molecule has 0 aliphatic heterocycles. The minimum Gasteiger partial charge on any atom is -0.370 e. The van der Waals surface area contributed by atoms with Crippen molar-refractivity contribution >= 4 is 17.6 Å². The molecule has 1 heterocycles. The van der Waals surface area contributed by atoms with Gasteiger partial charge in [-0.15, -0.1) is 0 Å². The molecule has 0 amide bonds. The normalized spacial score (nSPS) is 23.1. The maximum Gasteiger partial charge on any atom is 0.223 e. The summed E-state index contributed by atoms with van der Waals surface area (Å²) >= 11 is 0. The summed E-state index contributed by atoms with van der Waals surface area (Å²) in [6, 6.07) is 2.55. The van der Waals surface area contributed by atoms with Crippen LogP contribution in [-0.4, -0.2) is 29.6 Å². The van der Waals surface area contributed by atoms with Crippen molar-refractivity contribution in [2.75, 3.05) is 29.5 Å². The molecule has 5 nitrogen and oxygen atoms in total. The van der Waals surface area contributed by atoms with Crippen molar-refractivity contribution in [3.63, 3.8) is 0 Å². The van der Waals surface area contributed by atoms with E-state index in [1.165, 1.54) is 25.7 Å². The lowest BCUT2D eigenvalue weighted by Crippen LogP contribution is -2.36. The average molecular weight is 263 g/mol. The van der Waals surface area contributed by atoms with Crippen molar-refractivity contribution in [1.29, 1.82) is 0 Å². The minimum absolute atomic E-state index is 0.337. The first-order valence-corrected chi connectivity index (χ1v) is 7.21. The molecule has 0 bridgehead atoms. The van der Waals surface area contributed by atoms with Crippen molar-refractivity contribution in [2.24, 2.45) is 5.92 Å². The highest BCUT2D eigenvalue weighted by Crippen LogP contribution is 2.29. The first-order valence-electron chi connectivity index (χ1n) is 7.21. The molecule has 5 heteroatoms. The Kier molecular flexibility index (Phi) is 4.45. The van der Waals surface area contributed by atoms with Crippen molar-refractivity contribution < 1.29 is 0 Å². The number of nitrogens with one attached hydrogen (secondary N) is 1. The van der Waals surface area contributed by atoms with E-state index in [4.69, 9.17) is 5.73 Å². The number of aromatic nitrogens is 2. The molecule has 1 saturated carbocycles. The molecule has 1 aliphatic rings. The van der Waals surface area contributed by atoms with E-state index in [2.05, 4.69) is 34.2 Å². The molecule has 0 spiro atoms. The number of hydrogen-bond donors (Lipinski definition) is 2. The van der Waals surface area contributed by atoms with Gasteiger partial charge in [0.05, 0.1) is 0 Å². The van der Waals surface area contributed by atoms with Crippen LogP contribution in [0.4, 0.5) is 17.6 Å². The van der Waals surface area contributed by atoms with Gasteiger partial charge in [-0.25, -0.2) is 0 Å². The second-order valence-electron chi connectivity index (χ2n) is 5.54. The van der Waals surface area contributed by atoms with E-state index in [9.17, 15) is 0 Å². The van der Waals surface area contributed by atoms with Crippen LogP contribution < -0.4 is 16.0 Å². The lowest BCUT2D eigenvalue weighted by Gasteiger charge is -2.35. The highest BCUT2D eigenvalue weighted by Gasteiger charge is 2.23. The van der Waals surface area contributed by atoms with Crippen molar-refractivity contribution in [2.45, 2.75) is 45.6 Å². The zero-order valence-corrected chi connectivity index (χ0v) is 12.2. The van der Waals surface area contributed by atoms with Crippen LogP contribution >= 0.6 is 0 Å². The molecule has 1 aromatic rings. The first kappa shape index (κ1) is 13.9. The minimum atomic E-state index is 0.337. The van der Waals surface area contributed by atoms with Gasteiger partial charge < -0.3 is 16.0 Å². The summed E-state index contributed by atoms with van der Waals surface area (Å²) in [5, 5.41) is 3.20. The van der Waals surface area contributed by atoms with Crippen LogP contribution in [0.5, 0.6) is 0 Å². The highest BCUT2D eigenvalue weighted by atomic mass is 15.2. The van der Waals surface area contributed by atoms with E-state index < -0.39 is 0 Å². The Hall–Kier alpha value is -1.52. The van der Waals surface area contributed by atoms with E-state index in [1.54, 1.807) is 0 Å². The first-order chi connectivity index (χ1) is 9.10. The largest absolute Gasteiger partial charge is 0.370 e. The van der Waals surface area contributed by atoms with Gasteiger partial charge >= 0.3 is 0 Å². The molecule has 2 unspecified atom stereocenters. The predicted molar refractivity (Wildman–Crippen MR) is 80.4 cm³/mol. The smallest absolute Gasteiger partial charge is 0.223 e.